The van der Waals surface area contributed by atoms with E-state index in [1.807, 2.05) is 62.5 Å². The van der Waals surface area contributed by atoms with E-state index in [1.54, 1.807) is 33.8 Å². The van der Waals surface area contributed by atoms with Crippen LogP contribution in [0.4, 0.5) is 10.1 Å². The molecule has 2 heterocycles. The summed E-state index contributed by atoms with van der Waals surface area (Å²) in [5, 5.41) is 16.1. The Bertz CT molecular complexity index is 1760. The Labute approximate surface area is 242 Å². The lowest BCUT2D eigenvalue weighted by Crippen LogP contribution is -2.42. The van der Waals surface area contributed by atoms with Crippen molar-refractivity contribution in [3.8, 4) is 23.0 Å². The van der Waals surface area contributed by atoms with E-state index < -0.39 is 5.92 Å². The number of nitrogens with zero attached hydrogens (tertiary/aromatic N) is 4. The number of anilines is 1. The molecule has 0 radical (unpaired) electrons. The molecule has 1 unspecified atom stereocenters. The Morgan fingerprint density at radius 2 is 1.68 bits per heavy atom. The maximum atomic E-state index is 14.0. The Hall–Kier alpha value is -4.67. The number of aromatic nitrogens is 2. The summed E-state index contributed by atoms with van der Waals surface area (Å²) in [7, 11) is 0. The second kappa shape index (κ2) is 10.1. The maximum Gasteiger partial charge on any atom is 0.162 e. The van der Waals surface area contributed by atoms with Gasteiger partial charge in [-0.1, -0.05) is 55.8 Å². The fraction of sp³-hybridized carbons (Fsp3) is 0.182. The van der Waals surface area contributed by atoms with Crippen molar-refractivity contribution >= 4 is 23.1 Å². The summed E-state index contributed by atoms with van der Waals surface area (Å²) in [6, 6.07) is 25.2. The van der Waals surface area contributed by atoms with Crippen LogP contribution in [0.3, 0.4) is 0 Å². The molecule has 0 spiro atoms. The molecule has 6 rings (SSSR count). The summed E-state index contributed by atoms with van der Waals surface area (Å²) in [4.78, 5) is 15.8. The summed E-state index contributed by atoms with van der Waals surface area (Å²) < 4.78 is 15.6. The van der Waals surface area contributed by atoms with Gasteiger partial charge < -0.3 is 5.73 Å². The van der Waals surface area contributed by atoms with Crippen LogP contribution < -0.4 is 10.6 Å². The van der Waals surface area contributed by atoms with Crippen LogP contribution in [0.1, 0.15) is 38.2 Å². The van der Waals surface area contributed by atoms with Crippen LogP contribution >= 0.6 is 11.6 Å². The van der Waals surface area contributed by atoms with Crippen molar-refractivity contribution in [2.45, 2.75) is 32.6 Å². The van der Waals surface area contributed by atoms with Crippen LogP contribution in [0.5, 0.6) is 0 Å². The van der Waals surface area contributed by atoms with E-state index in [1.165, 1.54) is 12.1 Å². The molecular weight excluding hydrogens is 537 g/mol. The Kier molecular flexibility index (Phi) is 6.51. The maximum absolute atomic E-state index is 14.0. The van der Waals surface area contributed by atoms with Crippen LogP contribution in [0.2, 0.25) is 5.02 Å². The normalized spacial score (nSPS) is 18.4. The molecule has 3 aromatic carbocycles. The predicted octanol–water partition coefficient (Wildman–Crippen LogP) is 7.27. The lowest BCUT2D eigenvalue weighted by Gasteiger charge is -2.43. The molecule has 1 aromatic heterocycles. The van der Waals surface area contributed by atoms with E-state index in [0.717, 1.165) is 11.3 Å². The van der Waals surface area contributed by atoms with Crippen molar-refractivity contribution in [2.75, 3.05) is 4.90 Å². The lowest BCUT2D eigenvalue weighted by atomic mass is 9.68. The van der Waals surface area contributed by atoms with Crippen LogP contribution in [0.15, 0.2) is 108 Å². The summed E-state index contributed by atoms with van der Waals surface area (Å²) in [5.41, 5.74) is 11.5. The molecule has 0 amide bonds. The third-order valence-corrected chi connectivity index (χ3v) is 7.91. The van der Waals surface area contributed by atoms with Gasteiger partial charge in [-0.2, -0.15) is 10.4 Å². The number of para-hydroxylation sites is 1. The number of benzene rings is 3. The molecule has 0 fully saturated rings. The van der Waals surface area contributed by atoms with E-state index in [2.05, 4.69) is 6.07 Å². The highest BCUT2D eigenvalue weighted by Gasteiger charge is 2.46. The average molecular weight is 564 g/mol. The molecule has 6 nitrogen and oxygen atoms in total. The molecule has 1 atom stereocenters. The quantitative estimate of drug-likeness (QED) is 0.282. The molecule has 41 heavy (non-hydrogen) atoms. The number of nitriles is 1. The minimum atomic E-state index is -0.738. The number of ketones is 1. The third-order valence-electron chi connectivity index (χ3n) is 7.66. The fourth-order valence-electron chi connectivity index (χ4n) is 5.85. The monoisotopic (exact) mass is 563 g/mol. The van der Waals surface area contributed by atoms with Crippen molar-refractivity contribution in [1.29, 1.82) is 5.26 Å². The molecule has 2 aliphatic rings. The highest BCUT2D eigenvalue weighted by Crippen LogP contribution is 2.51. The molecule has 1 aliphatic carbocycles. The summed E-state index contributed by atoms with van der Waals surface area (Å²) in [6.07, 6.45) is 2.74. The van der Waals surface area contributed by atoms with Gasteiger partial charge in [0, 0.05) is 45.7 Å². The van der Waals surface area contributed by atoms with Crippen molar-refractivity contribution in [3.63, 3.8) is 0 Å². The topological polar surface area (TPSA) is 87.9 Å². The van der Waals surface area contributed by atoms with E-state index in [9.17, 15) is 14.4 Å². The fourth-order valence-corrected chi connectivity index (χ4v) is 5.97. The number of rotatable bonds is 4. The van der Waals surface area contributed by atoms with Crippen LogP contribution in [-0.2, 0) is 4.79 Å². The number of hydrogen-bond donors (Lipinski definition) is 1. The molecule has 4 aromatic rings. The van der Waals surface area contributed by atoms with Crippen LogP contribution in [0.25, 0.3) is 16.9 Å². The smallest absolute Gasteiger partial charge is 0.162 e. The average Bonchev–Trinajstić information content (AvgIpc) is 3.39. The Morgan fingerprint density at radius 1 is 1.00 bits per heavy atom. The van der Waals surface area contributed by atoms with Gasteiger partial charge in [0.2, 0.25) is 0 Å². The first-order valence-electron chi connectivity index (χ1n) is 13.3. The lowest BCUT2D eigenvalue weighted by molar-refractivity contribution is -0.118. The molecule has 204 valence electrons. The number of carbonyl (C=O) groups excluding carboxylic acids is 1. The molecule has 0 saturated heterocycles. The van der Waals surface area contributed by atoms with E-state index in [-0.39, 0.29) is 28.4 Å². The van der Waals surface area contributed by atoms with E-state index in [4.69, 9.17) is 22.4 Å². The van der Waals surface area contributed by atoms with Crippen LogP contribution in [0, 0.1) is 22.6 Å². The van der Waals surface area contributed by atoms with Crippen molar-refractivity contribution in [2.24, 2.45) is 11.1 Å². The standard InChI is InChI=1S/C33H27ClFN5O/c1-33(2)16-27-30(28(41)17-33)29(25(18-36)32(37)40(27)24-14-12-22(35)13-15-24)26-19-39(23-6-4-3-5-7-23)38-31(26)20-8-10-21(34)11-9-20/h3-15,19,29H,16-17,37H2,1-2H3. The highest BCUT2D eigenvalue weighted by molar-refractivity contribution is 6.30. The summed E-state index contributed by atoms with van der Waals surface area (Å²) in [6.45, 7) is 4.08. The number of carbonyl (C=O) groups is 1. The zero-order valence-corrected chi connectivity index (χ0v) is 23.4. The van der Waals surface area contributed by atoms with Gasteiger partial charge in [-0.15, -0.1) is 0 Å². The minimum absolute atomic E-state index is 0.0527. The summed E-state index contributed by atoms with van der Waals surface area (Å²) >= 11 is 6.20. The van der Waals surface area contributed by atoms with Crippen molar-refractivity contribution in [1.82, 2.24) is 9.78 Å². The van der Waals surface area contributed by atoms with Gasteiger partial charge in [0.25, 0.3) is 0 Å². The van der Waals surface area contributed by atoms with Gasteiger partial charge in [-0.3, -0.25) is 9.69 Å². The second-order valence-corrected chi connectivity index (χ2v) is 11.6. The van der Waals surface area contributed by atoms with Gasteiger partial charge in [-0.05, 0) is 60.4 Å². The first kappa shape index (κ1) is 26.5. The molecule has 8 heteroatoms. The Morgan fingerprint density at radius 3 is 2.34 bits per heavy atom. The van der Waals surface area contributed by atoms with Gasteiger partial charge in [0.15, 0.2) is 5.78 Å². The second-order valence-electron chi connectivity index (χ2n) is 11.2. The molecule has 2 N–H and O–H groups in total. The van der Waals surface area contributed by atoms with Gasteiger partial charge >= 0.3 is 0 Å². The number of halogens is 2. The molecule has 0 saturated carbocycles. The zero-order valence-electron chi connectivity index (χ0n) is 22.6. The number of Topliss-reactive ketones (excluding diaryl/α,β-unsaturated/α-hetero) is 1. The molecule has 1 aliphatic heterocycles. The zero-order chi connectivity index (χ0) is 28.9. The largest absolute Gasteiger partial charge is 0.384 e. The highest BCUT2D eigenvalue weighted by atomic mass is 35.5. The van der Waals surface area contributed by atoms with Crippen molar-refractivity contribution < 1.29 is 9.18 Å². The number of hydrogen-bond acceptors (Lipinski definition) is 5. The summed E-state index contributed by atoms with van der Waals surface area (Å²) in [5.74, 6) is -0.966. The van der Waals surface area contributed by atoms with E-state index >= 15 is 0 Å². The van der Waals surface area contributed by atoms with Gasteiger partial charge in [-0.25, -0.2) is 9.07 Å². The first-order chi connectivity index (χ1) is 19.7. The minimum Gasteiger partial charge on any atom is -0.384 e. The SMILES string of the molecule is CC1(C)CC(=O)C2=C(C1)N(c1ccc(F)cc1)C(N)=C(C#N)C2c1cn(-c2ccccc2)nc1-c1ccc(Cl)cc1. The number of nitrogens with two attached hydrogens (primary N) is 1. The van der Waals surface area contributed by atoms with Crippen LogP contribution in [-0.4, -0.2) is 15.6 Å². The molecule has 0 bridgehead atoms. The van der Waals surface area contributed by atoms with Gasteiger partial charge in [0.05, 0.1) is 28.9 Å². The third kappa shape index (κ3) is 4.71. The predicted molar refractivity (Wildman–Crippen MR) is 158 cm³/mol. The first-order valence-corrected chi connectivity index (χ1v) is 13.7. The molecular formula is C33H27ClFN5O. The number of allylic oxidation sites excluding steroid dienone is 3. The Balaban J connectivity index is 1.63. The van der Waals surface area contributed by atoms with Crippen molar-refractivity contribution in [3.05, 3.63) is 124 Å². The van der Waals surface area contributed by atoms with E-state index in [0.29, 0.717) is 46.1 Å². The van der Waals surface area contributed by atoms with Gasteiger partial charge in [0.1, 0.15) is 11.6 Å².